The number of thioether (sulfide) groups is 1. The van der Waals surface area contributed by atoms with Crippen molar-refractivity contribution in [1.29, 1.82) is 0 Å². The summed E-state index contributed by atoms with van der Waals surface area (Å²) in [5.41, 5.74) is 3.76. The maximum Gasteiger partial charge on any atom is 0.220 e. The first-order valence-corrected chi connectivity index (χ1v) is 12.8. The third kappa shape index (κ3) is 6.06. The normalized spacial score (nSPS) is 11.8. The van der Waals surface area contributed by atoms with E-state index in [1.54, 1.807) is 13.2 Å². The average Bonchev–Trinajstić information content (AvgIpc) is 3.23. The Kier molecular flexibility index (Phi) is 8.27. The molecule has 0 spiro atoms. The second kappa shape index (κ2) is 11.6. The molecule has 0 aliphatic carbocycles. The highest BCUT2D eigenvalue weighted by Crippen LogP contribution is 2.43. The number of hydrogen-bond acceptors (Lipinski definition) is 7. The number of methoxy groups -OCH3 is 1. The smallest absolute Gasteiger partial charge is 0.220 e. The van der Waals surface area contributed by atoms with Gasteiger partial charge in [0.25, 0.3) is 0 Å². The van der Waals surface area contributed by atoms with Crippen LogP contribution in [0.15, 0.2) is 76.4 Å². The third-order valence-electron chi connectivity index (χ3n) is 5.50. The molecule has 4 rings (SSSR count). The fourth-order valence-corrected chi connectivity index (χ4v) is 5.41. The molecule has 0 amide bonds. The van der Waals surface area contributed by atoms with Crippen LogP contribution in [0.5, 0.6) is 11.5 Å². The average molecular weight is 569 g/mol. The van der Waals surface area contributed by atoms with Gasteiger partial charge in [0.2, 0.25) is 6.54 Å². The molecule has 0 radical (unpaired) electrons. The number of rotatable bonds is 10. The van der Waals surface area contributed by atoms with Gasteiger partial charge in [-0.25, -0.2) is 0 Å². The van der Waals surface area contributed by atoms with E-state index >= 15 is 0 Å². The van der Waals surface area contributed by atoms with Gasteiger partial charge in [-0.2, -0.15) is 0 Å². The lowest BCUT2D eigenvalue weighted by molar-refractivity contribution is -0.479. The Morgan fingerprint density at radius 3 is 2.47 bits per heavy atom. The minimum atomic E-state index is -0.541. The molecule has 3 aromatic carbocycles. The number of ether oxygens (including phenoxy) is 2. The first-order chi connectivity index (χ1) is 17.4. The highest BCUT2D eigenvalue weighted by Gasteiger charge is 2.26. The van der Waals surface area contributed by atoms with Gasteiger partial charge in [0, 0.05) is 10.6 Å². The summed E-state index contributed by atoms with van der Waals surface area (Å²) in [7, 11) is 1.55. The zero-order valence-corrected chi connectivity index (χ0v) is 22.5. The molecule has 36 heavy (non-hydrogen) atoms. The van der Waals surface area contributed by atoms with E-state index in [1.165, 1.54) is 11.8 Å². The lowest BCUT2D eigenvalue weighted by Crippen LogP contribution is -2.12. The van der Waals surface area contributed by atoms with E-state index in [2.05, 4.69) is 26.1 Å². The molecule has 8 nitrogen and oxygen atoms in total. The molecule has 0 saturated heterocycles. The fraction of sp³-hybridized carbons (Fsp3) is 0.231. The van der Waals surface area contributed by atoms with Crippen LogP contribution in [0, 0.1) is 24.0 Å². The Bertz CT molecular complexity index is 1350. The second-order valence-electron chi connectivity index (χ2n) is 8.13. The van der Waals surface area contributed by atoms with Gasteiger partial charge < -0.3 is 9.47 Å². The van der Waals surface area contributed by atoms with Gasteiger partial charge in [-0.15, -0.1) is 10.2 Å². The number of nitrogens with zero attached hydrogens (tertiary/aromatic N) is 4. The Morgan fingerprint density at radius 2 is 1.81 bits per heavy atom. The number of benzene rings is 3. The van der Waals surface area contributed by atoms with Crippen LogP contribution in [0.1, 0.15) is 27.8 Å². The van der Waals surface area contributed by atoms with Crippen LogP contribution in [-0.2, 0) is 6.61 Å². The largest absolute Gasteiger partial charge is 0.493 e. The van der Waals surface area contributed by atoms with E-state index in [-0.39, 0.29) is 11.5 Å². The minimum Gasteiger partial charge on any atom is -0.493 e. The van der Waals surface area contributed by atoms with Crippen molar-refractivity contribution in [1.82, 2.24) is 14.8 Å². The number of halogens is 1. The summed E-state index contributed by atoms with van der Waals surface area (Å²) in [5, 5.41) is 20.2. The van der Waals surface area contributed by atoms with Gasteiger partial charge in [0.05, 0.1) is 11.6 Å². The quantitative estimate of drug-likeness (QED) is 0.125. The predicted octanol–water partition coefficient (Wildman–Crippen LogP) is 6.34. The SMILES string of the molecule is COc1cc([C@H](C[N+](=O)[O-])Sc2nnc(C)n2-c2ccc(C)cc2)cc(Br)c1OCc1ccccc1. The van der Waals surface area contributed by atoms with E-state index in [9.17, 15) is 10.1 Å². The van der Waals surface area contributed by atoms with Crippen molar-refractivity contribution in [2.75, 3.05) is 13.7 Å². The summed E-state index contributed by atoms with van der Waals surface area (Å²) in [5.74, 6) is 1.72. The molecule has 1 aromatic heterocycles. The van der Waals surface area contributed by atoms with Crippen LogP contribution >= 0.6 is 27.7 Å². The molecule has 0 unspecified atom stereocenters. The molecule has 1 atom stereocenters. The Labute approximate surface area is 221 Å². The molecule has 10 heteroatoms. The summed E-state index contributed by atoms with van der Waals surface area (Å²) in [4.78, 5) is 11.3. The third-order valence-corrected chi connectivity index (χ3v) is 7.27. The van der Waals surface area contributed by atoms with Gasteiger partial charge >= 0.3 is 0 Å². The predicted molar refractivity (Wildman–Crippen MR) is 143 cm³/mol. The summed E-state index contributed by atoms with van der Waals surface area (Å²) in [6.45, 7) is 3.94. The maximum atomic E-state index is 11.6. The summed E-state index contributed by atoms with van der Waals surface area (Å²) in [6.07, 6.45) is 0. The molecule has 0 fully saturated rings. The van der Waals surface area contributed by atoms with E-state index < -0.39 is 5.25 Å². The highest BCUT2D eigenvalue weighted by molar-refractivity contribution is 9.10. The van der Waals surface area contributed by atoms with E-state index in [0.29, 0.717) is 39.1 Å². The van der Waals surface area contributed by atoms with Crippen molar-refractivity contribution in [2.24, 2.45) is 0 Å². The van der Waals surface area contributed by atoms with Gasteiger partial charge in [-0.3, -0.25) is 14.7 Å². The van der Waals surface area contributed by atoms with Crippen LogP contribution in [0.2, 0.25) is 0 Å². The van der Waals surface area contributed by atoms with Crippen molar-refractivity contribution < 1.29 is 14.4 Å². The van der Waals surface area contributed by atoms with Crippen LogP contribution in [0.3, 0.4) is 0 Å². The van der Waals surface area contributed by atoms with Crippen molar-refractivity contribution in [3.8, 4) is 17.2 Å². The number of aryl methyl sites for hydroxylation is 2. The summed E-state index contributed by atoms with van der Waals surface area (Å²) >= 11 is 4.87. The molecule has 0 saturated carbocycles. The first-order valence-electron chi connectivity index (χ1n) is 11.2. The Morgan fingerprint density at radius 1 is 1.08 bits per heavy atom. The highest BCUT2D eigenvalue weighted by atomic mass is 79.9. The van der Waals surface area contributed by atoms with Crippen LogP contribution in [0.25, 0.3) is 5.69 Å². The molecule has 0 bridgehead atoms. The zero-order chi connectivity index (χ0) is 25.7. The van der Waals surface area contributed by atoms with E-state index in [4.69, 9.17) is 9.47 Å². The topological polar surface area (TPSA) is 92.3 Å². The number of nitro groups is 1. The molecule has 0 aliphatic rings. The molecule has 1 heterocycles. The molecule has 4 aromatic rings. The zero-order valence-electron chi connectivity index (χ0n) is 20.1. The second-order valence-corrected chi connectivity index (χ2v) is 10.2. The van der Waals surface area contributed by atoms with E-state index in [0.717, 1.165) is 16.8 Å². The molecular weight excluding hydrogens is 544 g/mol. The van der Waals surface area contributed by atoms with Crippen molar-refractivity contribution in [3.05, 3.63) is 104 Å². The Hall–Kier alpha value is -3.37. The van der Waals surface area contributed by atoms with Gasteiger partial charge in [-0.1, -0.05) is 59.8 Å². The van der Waals surface area contributed by atoms with Crippen LogP contribution in [-0.4, -0.2) is 33.3 Å². The molecule has 0 aliphatic heterocycles. The van der Waals surface area contributed by atoms with Gasteiger partial charge in [0.1, 0.15) is 17.7 Å². The van der Waals surface area contributed by atoms with Gasteiger partial charge in [0.15, 0.2) is 16.7 Å². The standard InChI is InChI=1S/C26H25BrN4O4S/c1-17-9-11-21(12-10-17)31-18(2)28-29-26(31)36-24(15-30(32)33)20-13-22(27)25(23(14-20)34-3)35-16-19-7-5-4-6-8-19/h4-14,24H,15-16H2,1-3H3/t24-/m0/s1. The summed E-state index contributed by atoms with van der Waals surface area (Å²) in [6, 6.07) is 21.4. The van der Waals surface area contributed by atoms with Crippen molar-refractivity contribution in [2.45, 2.75) is 30.9 Å². The molecule has 186 valence electrons. The van der Waals surface area contributed by atoms with E-state index in [1.807, 2.05) is 79.1 Å². The lowest BCUT2D eigenvalue weighted by Gasteiger charge is -2.18. The lowest BCUT2D eigenvalue weighted by atomic mass is 10.1. The maximum absolute atomic E-state index is 11.6. The van der Waals surface area contributed by atoms with Gasteiger partial charge in [-0.05, 0) is 65.2 Å². The van der Waals surface area contributed by atoms with Crippen LogP contribution in [0.4, 0.5) is 0 Å². The van der Waals surface area contributed by atoms with Crippen LogP contribution < -0.4 is 9.47 Å². The number of aromatic nitrogens is 3. The number of hydrogen-bond donors (Lipinski definition) is 0. The first kappa shape index (κ1) is 25.7. The molecule has 0 N–H and O–H groups in total. The van der Waals surface area contributed by atoms with Crippen molar-refractivity contribution >= 4 is 27.7 Å². The Balaban J connectivity index is 1.65. The summed E-state index contributed by atoms with van der Waals surface area (Å²) < 4.78 is 14.2. The fourth-order valence-electron chi connectivity index (χ4n) is 3.68. The minimum absolute atomic E-state index is 0.301. The molecular formula is C26H25BrN4O4S. The monoisotopic (exact) mass is 568 g/mol. The van der Waals surface area contributed by atoms with Crippen molar-refractivity contribution in [3.63, 3.8) is 0 Å².